The van der Waals surface area contributed by atoms with Crippen LogP contribution in [0.15, 0.2) is 23.1 Å². The Bertz CT molecular complexity index is 899. The average Bonchev–Trinajstić information content (AvgIpc) is 2.60. The van der Waals surface area contributed by atoms with Crippen LogP contribution < -0.4 is 9.46 Å². The molecule has 0 fully saturated rings. The van der Waals surface area contributed by atoms with E-state index in [0.717, 1.165) is 0 Å². The van der Waals surface area contributed by atoms with Crippen molar-refractivity contribution < 1.29 is 21.6 Å². The molecule has 0 heterocycles. The Balaban J connectivity index is 3.23. The van der Waals surface area contributed by atoms with Crippen molar-refractivity contribution >= 4 is 25.7 Å². The molecule has 0 aliphatic carbocycles. The van der Waals surface area contributed by atoms with Gasteiger partial charge in [0.25, 0.3) is 0 Å². The molecule has 0 aliphatic rings. The summed E-state index contributed by atoms with van der Waals surface area (Å²) in [5, 5.41) is 9.03. The number of benzene rings is 1. The van der Waals surface area contributed by atoms with Crippen LogP contribution in [0.25, 0.3) is 0 Å². The van der Waals surface area contributed by atoms with Gasteiger partial charge in [-0.25, -0.2) is 16.8 Å². The van der Waals surface area contributed by atoms with E-state index in [1.54, 1.807) is 27.7 Å². The highest BCUT2D eigenvalue weighted by molar-refractivity contribution is 7.92. The zero-order chi connectivity index (χ0) is 20.9. The molecular weight excluding hydrogens is 390 g/mol. The van der Waals surface area contributed by atoms with Gasteiger partial charge in [0.1, 0.15) is 5.75 Å². The van der Waals surface area contributed by atoms with Gasteiger partial charge in [0.15, 0.2) is 0 Å². The lowest BCUT2D eigenvalue weighted by Gasteiger charge is -2.20. The first-order valence-corrected chi connectivity index (χ1v) is 11.6. The van der Waals surface area contributed by atoms with Crippen LogP contribution in [0.5, 0.6) is 5.75 Å². The third-order valence-corrected chi connectivity index (χ3v) is 7.40. The SMILES string of the molecule is CCN(CC)S(=O)(=O)c1ccc(OC)c(NS(=O)(=O)CCC(C)(C)C#N)c1. The smallest absolute Gasteiger partial charge is 0.243 e. The maximum Gasteiger partial charge on any atom is 0.243 e. The predicted octanol–water partition coefficient (Wildman–Crippen LogP) is 2.41. The van der Waals surface area contributed by atoms with Crippen LogP contribution in [0.2, 0.25) is 0 Å². The Kier molecular flexibility index (Phi) is 7.66. The number of sulfonamides is 2. The Morgan fingerprint density at radius 2 is 1.78 bits per heavy atom. The van der Waals surface area contributed by atoms with Crippen molar-refractivity contribution in [2.45, 2.75) is 39.0 Å². The molecule has 0 atom stereocenters. The maximum absolute atomic E-state index is 12.7. The van der Waals surface area contributed by atoms with Crippen LogP contribution in [-0.4, -0.2) is 47.1 Å². The molecule has 0 aromatic heterocycles. The van der Waals surface area contributed by atoms with Crippen LogP contribution >= 0.6 is 0 Å². The van der Waals surface area contributed by atoms with E-state index < -0.39 is 25.5 Å². The normalized spacial score (nSPS) is 12.6. The summed E-state index contributed by atoms with van der Waals surface area (Å²) >= 11 is 0. The Labute approximate surface area is 162 Å². The molecule has 1 N–H and O–H groups in total. The highest BCUT2D eigenvalue weighted by Gasteiger charge is 2.25. The van der Waals surface area contributed by atoms with Gasteiger partial charge in [0.2, 0.25) is 20.0 Å². The fraction of sp³-hybridized carbons (Fsp3) is 0.588. The van der Waals surface area contributed by atoms with E-state index in [-0.39, 0.29) is 28.5 Å². The first-order valence-electron chi connectivity index (χ1n) is 8.52. The third kappa shape index (κ3) is 6.09. The van der Waals surface area contributed by atoms with Crippen LogP contribution in [0.3, 0.4) is 0 Å². The number of methoxy groups -OCH3 is 1. The summed E-state index contributed by atoms with van der Waals surface area (Å²) in [6, 6.07) is 6.09. The monoisotopic (exact) mass is 417 g/mol. The minimum absolute atomic E-state index is 0.0259. The molecule has 0 unspecified atom stereocenters. The number of hydrogen-bond acceptors (Lipinski definition) is 6. The molecule has 0 bridgehead atoms. The van der Waals surface area contributed by atoms with Crippen molar-refractivity contribution in [1.82, 2.24) is 4.31 Å². The van der Waals surface area contributed by atoms with E-state index in [1.807, 2.05) is 0 Å². The zero-order valence-corrected chi connectivity index (χ0v) is 17.9. The first kappa shape index (κ1) is 23.2. The van der Waals surface area contributed by atoms with E-state index in [2.05, 4.69) is 10.8 Å². The van der Waals surface area contributed by atoms with Gasteiger partial charge in [0, 0.05) is 13.1 Å². The number of hydrogen-bond donors (Lipinski definition) is 1. The predicted molar refractivity (Wildman–Crippen MR) is 105 cm³/mol. The van der Waals surface area contributed by atoms with Crippen LogP contribution in [0.4, 0.5) is 5.69 Å². The number of nitriles is 1. The van der Waals surface area contributed by atoms with E-state index >= 15 is 0 Å². The van der Waals surface area contributed by atoms with Gasteiger partial charge in [0.05, 0.1) is 34.9 Å². The van der Waals surface area contributed by atoms with Crippen molar-refractivity contribution in [2.75, 3.05) is 30.7 Å². The summed E-state index contributed by atoms with van der Waals surface area (Å²) in [5.41, 5.74) is -0.743. The number of ether oxygens (including phenoxy) is 1. The van der Waals surface area contributed by atoms with E-state index in [9.17, 15) is 16.8 Å². The molecule has 1 aromatic rings. The summed E-state index contributed by atoms with van der Waals surface area (Å²) in [4.78, 5) is -0.0259. The Morgan fingerprint density at radius 3 is 2.26 bits per heavy atom. The third-order valence-electron chi connectivity index (χ3n) is 4.08. The van der Waals surface area contributed by atoms with Gasteiger partial charge in [-0.2, -0.15) is 9.57 Å². The lowest BCUT2D eigenvalue weighted by atomic mass is 9.93. The molecule has 1 rings (SSSR count). The standard InChI is InChI=1S/C17H27N3O5S2/c1-6-20(7-2)27(23,24)14-8-9-16(25-5)15(12-14)19-26(21,22)11-10-17(3,4)13-18/h8-9,12,19H,6-7,10-11H2,1-5H3. The largest absolute Gasteiger partial charge is 0.495 e. The summed E-state index contributed by atoms with van der Waals surface area (Å²) in [5.74, 6) is -0.0689. The number of nitrogens with zero attached hydrogens (tertiary/aromatic N) is 2. The number of rotatable bonds is 10. The van der Waals surface area contributed by atoms with E-state index in [0.29, 0.717) is 13.1 Å². The lowest BCUT2D eigenvalue weighted by molar-refractivity contribution is 0.416. The molecular formula is C17H27N3O5S2. The molecule has 0 spiro atoms. The van der Waals surface area contributed by atoms with Gasteiger partial charge in [-0.3, -0.25) is 4.72 Å². The second-order valence-electron chi connectivity index (χ2n) is 6.62. The number of nitrogens with one attached hydrogen (secondary N) is 1. The van der Waals surface area contributed by atoms with E-state index in [4.69, 9.17) is 10.00 Å². The van der Waals surface area contributed by atoms with Gasteiger partial charge in [-0.1, -0.05) is 13.8 Å². The molecule has 0 saturated carbocycles. The lowest BCUT2D eigenvalue weighted by Crippen LogP contribution is -2.30. The molecule has 1 aromatic carbocycles. The highest BCUT2D eigenvalue weighted by Crippen LogP contribution is 2.30. The zero-order valence-electron chi connectivity index (χ0n) is 16.3. The second kappa shape index (κ2) is 8.91. The average molecular weight is 418 g/mol. The van der Waals surface area contributed by atoms with Gasteiger partial charge in [-0.05, 0) is 38.5 Å². The molecule has 0 saturated heterocycles. The summed E-state index contributed by atoms with van der Waals surface area (Å²) < 4.78 is 59.0. The molecule has 10 heteroatoms. The quantitative estimate of drug-likeness (QED) is 0.625. The fourth-order valence-electron chi connectivity index (χ4n) is 2.30. The fourth-order valence-corrected chi connectivity index (χ4v) is 5.16. The maximum atomic E-state index is 12.7. The summed E-state index contributed by atoms with van der Waals surface area (Å²) in [6.07, 6.45) is 0.137. The molecule has 152 valence electrons. The van der Waals surface area contributed by atoms with Gasteiger partial charge >= 0.3 is 0 Å². The minimum atomic E-state index is -3.79. The van der Waals surface area contributed by atoms with Crippen molar-refractivity contribution in [3.8, 4) is 11.8 Å². The van der Waals surface area contributed by atoms with Crippen molar-refractivity contribution in [3.05, 3.63) is 18.2 Å². The van der Waals surface area contributed by atoms with Crippen molar-refractivity contribution in [1.29, 1.82) is 5.26 Å². The number of anilines is 1. The Morgan fingerprint density at radius 1 is 1.19 bits per heavy atom. The van der Waals surface area contributed by atoms with Crippen LogP contribution in [0.1, 0.15) is 34.1 Å². The molecule has 0 radical (unpaired) electrons. The van der Waals surface area contributed by atoms with Gasteiger partial charge in [-0.15, -0.1) is 0 Å². The minimum Gasteiger partial charge on any atom is -0.495 e. The van der Waals surface area contributed by atoms with E-state index in [1.165, 1.54) is 29.6 Å². The van der Waals surface area contributed by atoms with Crippen molar-refractivity contribution in [2.24, 2.45) is 5.41 Å². The van der Waals surface area contributed by atoms with Crippen LogP contribution in [-0.2, 0) is 20.0 Å². The molecule has 27 heavy (non-hydrogen) atoms. The second-order valence-corrected chi connectivity index (χ2v) is 10.4. The molecule has 0 aliphatic heterocycles. The Hall–Kier alpha value is -1.83. The highest BCUT2D eigenvalue weighted by atomic mass is 32.2. The van der Waals surface area contributed by atoms with Crippen LogP contribution in [0, 0.1) is 16.7 Å². The summed E-state index contributed by atoms with van der Waals surface area (Å²) in [7, 11) is -6.17. The van der Waals surface area contributed by atoms with Crippen molar-refractivity contribution in [3.63, 3.8) is 0 Å². The topological polar surface area (TPSA) is 117 Å². The first-order chi connectivity index (χ1) is 12.4. The molecule has 8 nitrogen and oxygen atoms in total. The van der Waals surface area contributed by atoms with Gasteiger partial charge < -0.3 is 4.74 Å². The summed E-state index contributed by atoms with van der Waals surface area (Å²) in [6.45, 7) is 7.36. The molecule has 0 amide bonds.